The maximum absolute atomic E-state index is 12.0. The highest BCUT2D eigenvalue weighted by molar-refractivity contribution is 6.03. The van der Waals surface area contributed by atoms with E-state index in [0.717, 1.165) is 23.4 Å². The van der Waals surface area contributed by atoms with Crippen LogP contribution >= 0.6 is 0 Å². The number of amides is 1. The Labute approximate surface area is 120 Å². The van der Waals surface area contributed by atoms with Crippen molar-refractivity contribution in [2.24, 2.45) is 0 Å². The molecule has 0 aliphatic carbocycles. The van der Waals surface area contributed by atoms with Gasteiger partial charge in [0.25, 0.3) is 5.91 Å². The number of carbonyl (C=O) groups excluding carboxylic acids is 1. The van der Waals surface area contributed by atoms with Crippen LogP contribution < -0.4 is 10.1 Å². The van der Waals surface area contributed by atoms with Gasteiger partial charge < -0.3 is 10.1 Å². The number of hydrogen-bond donors (Lipinski definition) is 1. The topological polar surface area (TPSA) is 38.3 Å². The summed E-state index contributed by atoms with van der Waals surface area (Å²) in [4.78, 5) is 12.0. The smallest absolute Gasteiger partial charge is 0.251 e. The van der Waals surface area contributed by atoms with Gasteiger partial charge in [0.15, 0.2) is 0 Å². The molecule has 0 heterocycles. The Morgan fingerprint density at radius 2 is 2.10 bits per heavy atom. The lowest BCUT2D eigenvalue weighted by Gasteiger charge is -2.12. The van der Waals surface area contributed by atoms with Crippen molar-refractivity contribution in [3.63, 3.8) is 0 Å². The second-order valence-electron chi connectivity index (χ2n) is 4.40. The van der Waals surface area contributed by atoms with Crippen molar-refractivity contribution in [1.82, 2.24) is 0 Å². The Morgan fingerprint density at radius 1 is 1.35 bits per heavy atom. The van der Waals surface area contributed by atoms with Gasteiger partial charge in [0.05, 0.1) is 7.11 Å². The largest absolute Gasteiger partial charge is 0.497 e. The summed E-state index contributed by atoms with van der Waals surface area (Å²) in [6.45, 7) is 11.2. The van der Waals surface area contributed by atoms with E-state index in [1.807, 2.05) is 18.2 Å². The zero-order chi connectivity index (χ0) is 15.0. The van der Waals surface area contributed by atoms with E-state index in [4.69, 9.17) is 4.74 Å². The van der Waals surface area contributed by atoms with E-state index >= 15 is 0 Å². The summed E-state index contributed by atoms with van der Waals surface area (Å²) >= 11 is 0. The minimum Gasteiger partial charge on any atom is -0.497 e. The second-order valence-corrected chi connectivity index (χ2v) is 4.40. The van der Waals surface area contributed by atoms with Gasteiger partial charge in [0.1, 0.15) is 5.75 Å². The van der Waals surface area contributed by atoms with E-state index in [-0.39, 0.29) is 5.91 Å². The number of benzene rings is 1. The van der Waals surface area contributed by atoms with Gasteiger partial charge in [-0.05, 0) is 43.0 Å². The van der Waals surface area contributed by atoms with Crippen molar-refractivity contribution in [2.45, 2.75) is 19.3 Å². The first-order chi connectivity index (χ1) is 9.62. The van der Waals surface area contributed by atoms with Crippen molar-refractivity contribution < 1.29 is 9.53 Å². The van der Waals surface area contributed by atoms with E-state index in [9.17, 15) is 4.79 Å². The average molecular weight is 271 g/mol. The first-order valence-electron chi connectivity index (χ1n) is 6.50. The highest BCUT2D eigenvalue weighted by Gasteiger charge is 2.10. The minimum absolute atomic E-state index is 0.165. The highest BCUT2D eigenvalue weighted by Crippen LogP contribution is 2.23. The SMILES string of the molecule is C=CCCC(=C)C(=O)Nc1ccc(OC)cc1CC=C. The quantitative estimate of drug-likeness (QED) is 0.575. The predicted octanol–water partition coefficient (Wildman–Crippen LogP) is 3.88. The average Bonchev–Trinajstić information content (AvgIpc) is 2.46. The third-order valence-electron chi connectivity index (χ3n) is 2.90. The molecule has 1 aromatic carbocycles. The van der Waals surface area contributed by atoms with Crippen molar-refractivity contribution >= 4 is 11.6 Å². The Kier molecular flexibility index (Phi) is 6.30. The molecule has 1 rings (SSSR count). The van der Waals surface area contributed by atoms with E-state index in [1.165, 1.54) is 0 Å². The molecule has 0 fully saturated rings. The minimum atomic E-state index is -0.165. The number of anilines is 1. The van der Waals surface area contributed by atoms with Gasteiger partial charge in [-0.2, -0.15) is 0 Å². The molecule has 20 heavy (non-hydrogen) atoms. The molecule has 0 aliphatic rings. The number of methoxy groups -OCH3 is 1. The maximum atomic E-state index is 12.0. The highest BCUT2D eigenvalue weighted by atomic mass is 16.5. The lowest BCUT2D eigenvalue weighted by molar-refractivity contribution is -0.113. The van der Waals surface area contributed by atoms with Crippen LogP contribution in [0.1, 0.15) is 18.4 Å². The van der Waals surface area contributed by atoms with Gasteiger partial charge >= 0.3 is 0 Å². The van der Waals surface area contributed by atoms with E-state index in [1.54, 1.807) is 19.3 Å². The predicted molar refractivity (Wildman–Crippen MR) is 84.1 cm³/mol. The third-order valence-corrected chi connectivity index (χ3v) is 2.90. The summed E-state index contributed by atoms with van der Waals surface area (Å²) in [6, 6.07) is 5.54. The normalized spacial score (nSPS) is 9.65. The molecular formula is C17H21NO2. The van der Waals surface area contributed by atoms with Crippen LogP contribution in [0.2, 0.25) is 0 Å². The molecule has 3 nitrogen and oxygen atoms in total. The van der Waals surface area contributed by atoms with Crippen LogP contribution in [0.3, 0.4) is 0 Å². The standard InChI is InChI=1S/C17H21NO2/c1-5-7-9-13(3)17(19)18-16-11-10-15(20-4)12-14(16)8-6-2/h5-6,10-12H,1-3,7-9H2,4H3,(H,18,19). The molecule has 0 spiro atoms. The molecule has 1 N–H and O–H groups in total. The molecule has 0 aromatic heterocycles. The summed E-state index contributed by atoms with van der Waals surface area (Å²) in [5.41, 5.74) is 2.27. The van der Waals surface area contributed by atoms with E-state index in [2.05, 4.69) is 25.1 Å². The van der Waals surface area contributed by atoms with Crippen LogP contribution in [0, 0.1) is 0 Å². The molecule has 0 saturated carbocycles. The molecule has 3 heteroatoms. The van der Waals surface area contributed by atoms with Gasteiger partial charge in [-0.1, -0.05) is 18.7 Å². The summed E-state index contributed by atoms with van der Waals surface area (Å²) in [7, 11) is 1.61. The Balaban J connectivity index is 2.85. The molecule has 1 amide bonds. The van der Waals surface area contributed by atoms with Gasteiger partial charge in [-0.3, -0.25) is 4.79 Å². The molecular weight excluding hydrogens is 250 g/mol. The molecule has 0 saturated heterocycles. The van der Waals surface area contributed by atoms with Crippen LogP contribution in [-0.4, -0.2) is 13.0 Å². The number of nitrogens with one attached hydrogen (secondary N) is 1. The van der Waals surface area contributed by atoms with Gasteiger partial charge in [0, 0.05) is 11.3 Å². The van der Waals surface area contributed by atoms with Crippen molar-refractivity contribution in [1.29, 1.82) is 0 Å². The third kappa shape index (κ3) is 4.43. The summed E-state index contributed by atoms with van der Waals surface area (Å²) in [6.07, 6.45) is 5.58. The lowest BCUT2D eigenvalue weighted by atomic mass is 10.1. The zero-order valence-corrected chi connectivity index (χ0v) is 11.9. The lowest BCUT2D eigenvalue weighted by Crippen LogP contribution is -2.15. The number of hydrogen-bond acceptors (Lipinski definition) is 2. The fourth-order valence-corrected chi connectivity index (χ4v) is 1.74. The maximum Gasteiger partial charge on any atom is 0.251 e. The van der Waals surface area contributed by atoms with Crippen LogP contribution in [-0.2, 0) is 11.2 Å². The Morgan fingerprint density at radius 3 is 2.70 bits per heavy atom. The number of allylic oxidation sites excluding steroid dienone is 2. The number of rotatable bonds is 8. The first kappa shape index (κ1) is 15.8. The number of carbonyl (C=O) groups is 1. The van der Waals surface area contributed by atoms with Gasteiger partial charge in [-0.15, -0.1) is 13.2 Å². The summed E-state index contributed by atoms with van der Waals surface area (Å²) in [5, 5.41) is 2.88. The molecule has 1 aromatic rings. The van der Waals surface area contributed by atoms with Crippen LogP contribution in [0.5, 0.6) is 5.75 Å². The first-order valence-corrected chi connectivity index (χ1v) is 6.50. The summed E-state index contributed by atoms with van der Waals surface area (Å²) < 4.78 is 5.19. The fraction of sp³-hybridized carbons (Fsp3) is 0.235. The fourth-order valence-electron chi connectivity index (χ4n) is 1.74. The molecule has 0 unspecified atom stereocenters. The second kappa shape index (κ2) is 8.00. The van der Waals surface area contributed by atoms with Crippen molar-refractivity contribution in [2.75, 3.05) is 12.4 Å². The van der Waals surface area contributed by atoms with Crippen molar-refractivity contribution in [3.8, 4) is 5.75 Å². The molecule has 0 aliphatic heterocycles. The number of ether oxygens (including phenoxy) is 1. The van der Waals surface area contributed by atoms with Crippen LogP contribution in [0.4, 0.5) is 5.69 Å². The monoisotopic (exact) mass is 271 g/mol. The van der Waals surface area contributed by atoms with E-state index < -0.39 is 0 Å². The van der Waals surface area contributed by atoms with Crippen LogP contribution in [0.15, 0.2) is 55.7 Å². The molecule has 0 radical (unpaired) electrons. The van der Waals surface area contributed by atoms with Crippen molar-refractivity contribution in [3.05, 3.63) is 61.2 Å². The Bertz CT molecular complexity index is 518. The van der Waals surface area contributed by atoms with Gasteiger partial charge in [-0.25, -0.2) is 0 Å². The van der Waals surface area contributed by atoms with E-state index in [0.29, 0.717) is 18.4 Å². The van der Waals surface area contributed by atoms with Gasteiger partial charge in [0.2, 0.25) is 0 Å². The molecule has 0 bridgehead atoms. The van der Waals surface area contributed by atoms with Crippen LogP contribution in [0.25, 0.3) is 0 Å². The zero-order valence-electron chi connectivity index (χ0n) is 11.9. The molecule has 0 atom stereocenters. The summed E-state index contributed by atoms with van der Waals surface area (Å²) in [5.74, 6) is 0.590. The Hall–Kier alpha value is -2.29. The molecule has 106 valence electrons.